The lowest BCUT2D eigenvalue weighted by Crippen LogP contribution is -3.11. The van der Waals surface area contributed by atoms with Gasteiger partial charge in [0, 0.05) is 23.2 Å². The lowest BCUT2D eigenvalue weighted by Gasteiger charge is -2.26. The van der Waals surface area contributed by atoms with Crippen molar-refractivity contribution in [3.05, 3.63) is 63.7 Å². The summed E-state index contributed by atoms with van der Waals surface area (Å²) in [4.78, 5) is 30.5. The molecule has 1 atom stereocenters. The van der Waals surface area contributed by atoms with Gasteiger partial charge in [0.15, 0.2) is 22.9 Å². The molecule has 1 aliphatic heterocycles. The first kappa shape index (κ1) is 23.1. The highest BCUT2D eigenvalue weighted by molar-refractivity contribution is 7.10. The molecule has 0 saturated heterocycles. The van der Waals surface area contributed by atoms with Crippen LogP contribution in [0.5, 0.6) is 5.75 Å². The third-order valence-corrected chi connectivity index (χ3v) is 7.17. The second-order valence-corrected chi connectivity index (χ2v) is 9.04. The number of nitrogens with one attached hydrogen (secondary N) is 1. The Bertz CT molecular complexity index is 1180. The highest BCUT2D eigenvalue weighted by Gasteiger charge is 2.44. The van der Waals surface area contributed by atoms with Crippen molar-refractivity contribution in [3.8, 4) is 5.75 Å². The van der Waals surface area contributed by atoms with E-state index in [4.69, 9.17) is 9.15 Å². The van der Waals surface area contributed by atoms with Gasteiger partial charge in [-0.25, -0.2) is 0 Å². The number of amides is 1. The van der Waals surface area contributed by atoms with Crippen LogP contribution < -0.4 is 9.64 Å². The van der Waals surface area contributed by atoms with Gasteiger partial charge in [0.2, 0.25) is 5.78 Å². The lowest BCUT2D eigenvalue weighted by molar-refractivity contribution is -0.896. The average Bonchev–Trinajstić information content (AvgIpc) is 3.56. The summed E-state index contributed by atoms with van der Waals surface area (Å²) in [6.45, 7) is 7.69. The molecule has 7 nitrogen and oxygen atoms in total. The molecule has 0 aliphatic carbocycles. The molecule has 8 heteroatoms. The second-order valence-electron chi connectivity index (χ2n) is 8.06. The first-order valence-electron chi connectivity index (χ1n) is 11.2. The number of carbonyl (C=O) groups is 2. The number of methoxy groups -OCH3 is 1. The molecule has 1 amide bonds. The zero-order valence-corrected chi connectivity index (χ0v) is 19.9. The largest absolute Gasteiger partial charge is 0.503 e. The molecule has 1 aromatic carbocycles. The number of hydrogen-bond acceptors (Lipinski definition) is 6. The Balaban J connectivity index is 1.67. The van der Waals surface area contributed by atoms with Crippen LogP contribution in [0.15, 0.2) is 57.5 Å². The van der Waals surface area contributed by atoms with Crippen LogP contribution in [0.1, 0.15) is 41.7 Å². The van der Waals surface area contributed by atoms with Crippen LogP contribution in [0, 0.1) is 0 Å². The molecule has 4 rings (SSSR count). The smallest absolute Gasteiger partial charge is 0.290 e. The first-order chi connectivity index (χ1) is 16.0. The van der Waals surface area contributed by atoms with E-state index in [0.717, 1.165) is 30.9 Å². The number of rotatable bonds is 10. The van der Waals surface area contributed by atoms with E-state index in [2.05, 4.69) is 13.8 Å². The fourth-order valence-corrected chi connectivity index (χ4v) is 5.25. The topological polar surface area (TPSA) is 84.4 Å². The molecule has 33 heavy (non-hydrogen) atoms. The fraction of sp³-hybridized carbons (Fsp3) is 0.360. The number of furan rings is 1. The van der Waals surface area contributed by atoms with Crippen molar-refractivity contribution in [2.45, 2.75) is 26.3 Å². The van der Waals surface area contributed by atoms with Crippen LogP contribution in [0.25, 0.3) is 11.0 Å². The van der Waals surface area contributed by atoms with Crippen molar-refractivity contribution in [1.82, 2.24) is 4.90 Å². The summed E-state index contributed by atoms with van der Waals surface area (Å²) < 4.78 is 11.2. The number of quaternary nitrogens is 1. The SMILES string of the molecule is CC[NH+](CC)CCCN1C(=O)C(O)=C(C(=O)c2cc3cccc(OC)c3o2)[C@@H]1c1cccs1. The normalized spacial score (nSPS) is 16.4. The van der Waals surface area contributed by atoms with Gasteiger partial charge >= 0.3 is 0 Å². The van der Waals surface area contributed by atoms with Crippen molar-refractivity contribution in [2.24, 2.45) is 0 Å². The van der Waals surface area contributed by atoms with E-state index in [1.54, 1.807) is 17.0 Å². The minimum Gasteiger partial charge on any atom is -0.503 e. The number of nitrogens with zero attached hydrogens (tertiary/aromatic N) is 1. The van der Waals surface area contributed by atoms with E-state index in [0.29, 0.717) is 23.3 Å². The molecule has 3 heterocycles. The van der Waals surface area contributed by atoms with E-state index >= 15 is 0 Å². The van der Waals surface area contributed by atoms with Gasteiger partial charge in [-0.15, -0.1) is 11.3 Å². The standard InChI is InChI=1S/C25H28N2O5S/c1-4-26(5-2)12-8-13-27-21(19-11-7-14-33-19)20(23(29)25(27)30)22(28)18-15-16-9-6-10-17(31-3)24(16)32-18/h6-7,9-11,14-15,21,29H,4-5,8,12-13H2,1-3H3/p+1/t21-/m0/s1. The molecule has 1 aliphatic rings. The van der Waals surface area contributed by atoms with Gasteiger partial charge in [-0.2, -0.15) is 0 Å². The van der Waals surface area contributed by atoms with Crippen molar-refractivity contribution in [1.29, 1.82) is 0 Å². The predicted molar refractivity (Wildman–Crippen MR) is 127 cm³/mol. The molecule has 174 valence electrons. The highest BCUT2D eigenvalue weighted by Crippen LogP contribution is 2.41. The Morgan fingerprint density at radius 2 is 2.03 bits per heavy atom. The minimum absolute atomic E-state index is 0.0654. The van der Waals surface area contributed by atoms with Crippen molar-refractivity contribution in [3.63, 3.8) is 0 Å². The number of aliphatic hydroxyl groups excluding tert-OH is 1. The molecule has 0 saturated carbocycles. The maximum Gasteiger partial charge on any atom is 0.290 e. The summed E-state index contributed by atoms with van der Waals surface area (Å²) in [6.07, 6.45) is 0.779. The van der Waals surface area contributed by atoms with E-state index in [-0.39, 0.29) is 11.3 Å². The molecule has 3 aromatic rings. The number of thiophene rings is 1. The Morgan fingerprint density at radius 3 is 2.70 bits per heavy atom. The first-order valence-corrected chi connectivity index (χ1v) is 12.1. The Morgan fingerprint density at radius 1 is 1.24 bits per heavy atom. The number of ether oxygens (including phenoxy) is 1. The molecular weight excluding hydrogens is 440 g/mol. The van der Waals surface area contributed by atoms with Gasteiger partial charge in [-0.3, -0.25) is 9.59 Å². The molecule has 0 radical (unpaired) electrons. The quantitative estimate of drug-likeness (QED) is 0.445. The summed E-state index contributed by atoms with van der Waals surface area (Å²) in [5, 5.41) is 13.4. The minimum atomic E-state index is -0.633. The molecule has 2 N–H and O–H groups in total. The third-order valence-electron chi connectivity index (χ3n) is 6.24. The van der Waals surface area contributed by atoms with Crippen LogP contribution in [-0.2, 0) is 4.79 Å². The van der Waals surface area contributed by atoms with Crippen molar-refractivity contribution in [2.75, 3.05) is 33.3 Å². The molecule has 0 fully saturated rings. The summed E-state index contributed by atoms with van der Waals surface area (Å²) in [7, 11) is 1.54. The molecule has 0 spiro atoms. The zero-order valence-electron chi connectivity index (χ0n) is 19.1. The maximum absolute atomic E-state index is 13.6. The molecular formula is C25H29N2O5S+. The number of fused-ring (bicyclic) bond motifs is 1. The number of ketones is 1. The maximum atomic E-state index is 13.6. The van der Waals surface area contributed by atoms with Gasteiger partial charge < -0.3 is 24.1 Å². The van der Waals surface area contributed by atoms with Crippen LogP contribution in [0.4, 0.5) is 0 Å². The number of Topliss-reactive ketones (excluding diaryl/α,β-unsaturated/α-hetero) is 1. The predicted octanol–water partition coefficient (Wildman–Crippen LogP) is 3.40. The van der Waals surface area contributed by atoms with Gasteiger partial charge in [0.25, 0.3) is 5.91 Å². The van der Waals surface area contributed by atoms with Crippen LogP contribution in [0.2, 0.25) is 0 Å². The number of para-hydroxylation sites is 1. The Hall–Kier alpha value is -3.10. The molecule has 0 unspecified atom stereocenters. The fourth-order valence-electron chi connectivity index (χ4n) is 4.40. The lowest BCUT2D eigenvalue weighted by atomic mass is 10.00. The van der Waals surface area contributed by atoms with Crippen molar-refractivity contribution < 1.29 is 28.7 Å². The van der Waals surface area contributed by atoms with E-state index < -0.39 is 23.5 Å². The number of carbonyl (C=O) groups excluding carboxylic acids is 2. The van der Waals surface area contributed by atoms with E-state index in [9.17, 15) is 14.7 Å². The van der Waals surface area contributed by atoms with Gasteiger partial charge in [0.1, 0.15) is 0 Å². The van der Waals surface area contributed by atoms with E-state index in [1.165, 1.54) is 23.3 Å². The second kappa shape index (κ2) is 9.80. The van der Waals surface area contributed by atoms with Crippen LogP contribution >= 0.6 is 11.3 Å². The summed E-state index contributed by atoms with van der Waals surface area (Å²) >= 11 is 1.46. The summed E-state index contributed by atoms with van der Waals surface area (Å²) in [5.74, 6) is -0.919. The van der Waals surface area contributed by atoms with Crippen LogP contribution in [-0.4, -0.2) is 55.0 Å². The monoisotopic (exact) mass is 469 g/mol. The summed E-state index contributed by atoms with van der Waals surface area (Å²) in [5.41, 5.74) is 0.523. The number of hydrogen-bond donors (Lipinski definition) is 2. The van der Waals surface area contributed by atoms with Gasteiger partial charge in [-0.05, 0) is 37.4 Å². The number of aliphatic hydroxyl groups is 1. The number of benzene rings is 1. The zero-order chi connectivity index (χ0) is 23.5. The van der Waals surface area contributed by atoms with Gasteiger partial charge in [0.05, 0.1) is 38.4 Å². The van der Waals surface area contributed by atoms with Crippen molar-refractivity contribution >= 4 is 34.0 Å². The Labute approximate surface area is 196 Å². The van der Waals surface area contributed by atoms with E-state index in [1.807, 2.05) is 29.6 Å². The molecule has 0 bridgehead atoms. The van der Waals surface area contributed by atoms with Crippen LogP contribution in [0.3, 0.4) is 0 Å². The van der Waals surface area contributed by atoms with Gasteiger partial charge in [-0.1, -0.05) is 18.2 Å². The molecule has 2 aromatic heterocycles. The summed E-state index contributed by atoms with van der Waals surface area (Å²) in [6, 6.07) is 10.2. The average molecular weight is 470 g/mol. The third kappa shape index (κ3) is 4.28. The highest BCUT2D eigenvalue weighted by atomic mass is 32.1. The Kier molecular flexibility index (Phi) is 6.85.